The van der Waals surface area contributed by atoms with E-state index in [2.05, 4.69) is 17.1 Å². The second-order valence-corrected chi connectivity index (χ2v) is 6.35. The van der Waals surface area contributed by atoms with Crippen molar-refractivity contribution < 1.29 is 4.39 Å². The summed E-state index contributed by atoms with van der Waals surface area (Å²) in [5.41, 5.74) is 1.90. The molecule has 0 bridgehead atoms. The van der Waals surface area contributed by atoms with Gasteiger partial charge in [-0.1, -0.05) is 35.5 Å². The van der Waals surface area contributed by atoms with E-state index in [0.717, 1.165) is 28.7 Å². The Balaban J connectivity index is 1.82. The van der Waals surface area contributed by atoms with Gasteiger partial charge in [0.2, 0.25) is 0 Å². The molecular weight excluding hydrogens is 333 g/mol. The molecule has 118 valence electrons. The van der Waals surface area contributed by atoms with Gasteiger partial charge in [-0.3, -0.25) is 0 Å². The molecule has 6 heteroatoms. The van der Waals surface area contributed by atoms with Gasteiger partial charge in [-0.25, -0.2) is 4.39 Å². The molecule has 23 heavy (non-hydrogen) atoms. The number of aromatic nitrogens is 3. The Morgan fingerprint density at radius 3 is 2.61 bits per heavy atom. The van der Waals surface area contributed by atoms with E-state index >= 15 is 0 Å². The zero-order valence-electron chi connectivity index (χ0n) is 12.5. The Morgan fingerprint density at radius 1 is 1.13 bits per heavy atom. The van der Waals surface area contributed by atoms with Crippen molar-refractivity contribution in [1.82, 2.24) is 14.8 Å². The highest BCUT2D eigenvalue weighted by Gasteiger charge is 2.13. The molecule has 3 nitrogen and oxygen atoms in total. The number of benzene rings is 2. The number of halogens is 2. The minimum Gasteiger partial charge on any atom is -0.302 e. The van der Waals surface area contributed by atoms with Crippen LogP contribution in [0.25, 0.3) is 11.4 Å². The summed E-state index contributed by atoms with van der Waals surface area (Å²) in [6, 6.07) is 14.1. The van der Waals surface area contributed by atoms with E-state index in [1.165, 1.54) is 6.07 Å². The van der Waals surface area contributed by atoms with Crippen LogP contribution in [0.4, 0.5) is 4.39 Å². The quantitative estimate of drug-likeness (QED) is 0.605. The first-order valence-corrected chi connectivity index (χ1v) is 8.60. The van der Waals surface area contributed by atoms with E-state index in [-0.39, 0.29) is 5.82 Å². The first kappa shape index (κ1) is 16.0. The molecule has 2 aromatic carbocycles. The van der Waals surface area contributed by atoms with Crippen LogP contribution < -0.4 is 0 Å². The molecule has 0 amide bonds. The molecule has 1 heterocycles. The van der Waals surface area contributed by atoms with Gasteiger partial charge in [0.05, 0.1) is 0 Å². The van der Waals surface area contributed by atoms with Gasteiger partial charge < -0.3 is 4.57 Å². The molecule has 3 rings (SSSR count). The first-order chi connectivity index (χ1) is 11.2. The molecule has 0 atom stereocenters. The summed E-state index contributed by atoms with van der Waals surface area (Å²) < 4.78 is 15.3. The van der Waals surface area contributed by atoms with Crippen molar-refractivity contribution in [3.8, 4) is 11.4 Å². The van der Waals surface area contributed by atoms with E-state index in [1.807, 2.05) is 34.9 Å². The molecule has 0 saturated heterocycles. The van der Waals surface area contributed by atoms with Crippen LogP contribution >= 0.6 is 23.4 Å². The van der Waals surface area contributed by atoms with Crippen molar-refractivity contribution in [1.29, 1.82) is 0 Å². The number of hydrogen-bond acceptors (Lipinski definition) is 3. The van der Waals surface area contributed by atoms with Crippen LogP contribution in [0.15, 0.2) is 53.7 Å². The predicted molar refractivity (Wildman–Crippen MR) is 92.1 cm³/mol. The summed E-state index contributed by atoms with van der Waals surface area (Å²) in [7, 11) is 0. The zero-order valence-corrected chi connectivity index (χ0v) is 14.1. The zero-order chi connectivity index (χ0) is 16.2. The Kier molecular flexibility index (Phi) is 4.98. The lowest BCUT2D eigenvalue weighted by Crippen LogP contribution is -1.99. The molecule has 0 fully saturated rings. The number of nitrogens with zero attached hydrogens (tertiary/aromatic N) is 3. The van der Waals surface area contributed by atoms with E-state index in [4.69, 9.17) is 11.6 Å². The van der Waals surface area contributed by atoms with Gasteiger partial charge >= 0.3 is 0 Å². The van der Waals surface area contributed by atoms with Crippen molar-refractivity contribution in [3.63, 3.8) is 0 Å². The Hall–Kier alpha value is -1.85. The summed E-state index contributed by atoms with van der Waals surface area (Å²) in [6.07, 6.45) is 0. The summed E-state index contributed by atoms with van der Waals surface area (Å²) in [4.78, 5) is 0. The monoisotopic (exact) mass is 347 g/mol. The third kappa shape index (κ3) is 3.74. The van der Waals surface area contributed by atoms with Crippen LogP contribution in [0, 0.1) is 5.82 Å². The van der Waals surface area contributed by atoms with Crippen molar-refractivity contribution in [2.24, 2.45) is 0 Å². The van der Waals surface area contributed by atoms with E-state index in [1.54, 1.807) is 23.9 Å². The third-order valence-electron chi connectivity index (χ3n) is 3.39. The summed E-state index contributed by atoms with van der Waals surface area (Å²) >= 11 is 7.48. The van der Waals surface area contributed by atoms with Crippen molar-refractivity contribution >= 4 is 23.4 Å². The van der Waals surface area contributed by atoms with E-state index in [0.29, 0.717) is 10.8 Å². The van der Waals surface area contributed by atoms with Crippen LogP contribution in [0.3, 0.4) is 0 Å². The molecule has 0 unspecified atom stereocenters. The number of hydrogen-bond donors (Lipinski definition) is 0. The first-order valence-electron chi connectivity index (χ1n) is 7.23. The van der Waals surface area contributed by atoms with Gasteiger partial charge in [-0.15, -0.1) is 10.2 Å². The van der Waals surface area contributed by atoms with Crippen molar-refractivity contribution in [2.45, 2.75) is 24.4 Å². The Labute approximate surface area is 143 Å². The average molecular weight is 348 g/mol. The van der Waals surface area contributed by atoms with Gasteiger partial charge in [0.25, 0.3) is 0 Å². The molecule has 0 aliphatic carbocycles. The minimum absolute atomic E-state index is 0.220. The molecule has 3 aromatic rings. The van der Waals surface area contributed by atoms with Gasteiger partial charge in [0.1, 0.15) is 5.82 Å². The standard InChI is InChI=1S/C17H15ClFN3S/c1-2-22-16(13-6-8-14(18)9-7-13)20-21-17(22)23-11-12-4-3-5-15(19)10-12/h3-10H,2,11H2,1H3. The van der Waals surface area contributed by atoms with E-state index in [9.17, 15) is 4.39 Å². The molecule has 1 aromatic heterocycles. The second kappa shape index (κ2) is 7.15. The van der Waals surface area contributed by atoms with Gasteiger partial charge in [-0.2, -0.15) is 0 Å². The SMILES string of the molecule is CCn1c(SCc2cccc(F)c2)nnc1-c1ccc(Cl)cc1. The molecule has 0 aliphatic rings. The normalized spacial score (nSPS) is 10.9. The Morgan fingerprint density at radius 2 is 1.91 bits per heavy atom. The smallest absolute Gasteiger partial charge is 0.191 e. The predicted octanol–water partition coefficient (Wildman–Crippen LogP) is 5.05. The third-order valence-corrected chi connectivity index (χ3v) is 4.68. The minimum atomic E-state index is -0.220. The molecule has 0 aliphatic heterocycles. The molecular formula is C17H15ClFN3S. The lowest BCUT2D eigenvalue weighted by atomic mass is 10.2. The largest absolute Gasteiger partial charge is 0.302 e. The average Bonchev–Trinajstić information content (AvgIpc) is 2.96. The second-order valence-electron chi connectivity index (χ2n) is 4.98. The lowest BCUT2D eigenvalue weighted by molar-refractivity contribution is 0.626. The van der Waals surface area contributed by atoms with Gasteiger partial charge in [0.15, 0.2) is 11.0 Å². The summed E-state index contributed by atoms with van der Waals surface area (Å²) in [6.45, 7) is 2.81. The number of thioether (sulfide) groups is 1. The fraction of sp³-hybridized carbons (Fsp3) is 0.176. The highest BCUT2D eigenvalue weighted by atomic mass is 35.5. The van der Waals surface area contributed by atoms with Crippen molar-refractivity contribution in [3.05, 3.63) is 64.9 Å². The van der Waals surface area contributed by atoms with E-state index < -0.39 is 0 Å². The molecule has 0 spiro atoms. The molecule has 0 radical (unpaired) electrons. The van der Waals surface area contributed by atoms with Crippen LogP contribution in [-0.4, -0.2) is 14.8 Å². The number of rotatable bonds is 5. The molecule has 0 N–H and O–H groups in total. The topological polar surface area (TPSA) is 30.7 Å². The maximum absolute atomic E-state index is 13.2. The fourth-order valence-corrected chi connectivity index (χ4v) is 3.34. The van der Waals surface area contributed by atoms with Crippen molar-refractivity contribution in [2.75, 3.05) is 0 Å². The van der Waals surface area contributed by atoms with Crippen LogP contribution in [0.1, 0.15) is 12.5 Å². The molecule has 0 saturated carbocycles. The van der Waals surface area contributed by atoms with Crippen LogP contribution in [-0.2, 0) is 12.3 Å². The lowest BCUT2D eigenvalue weighted by Gasteiger charge is -2.07. The summed E-state index contributed by atoms with van der Waals surface area (Å²) in [5, 5.41) is 10.1. The highest BCUT2D eigenvalue weighted by Crippen LogP contribution is 2.27. The highest BCUT2D eigenvalue weighted by molar-refractivity contribution is 7.98. The summed E-state index contributed by atoms with van der Waals surface area (Å²) in [5.74, 6) is 1.24. The van der Waals surface area contributed by atoms with Gasteiger partial charge in [-0.05, 0) is 48.9 Å². The maximum Gasteiger partial charge on any atom is 0.191 e. The Bertz CT molecular complexity index is 802. The fourth-order valence-electron chi connectivity index (χ4n) is 2.27. The van der Waals surface area contributed by atoms with Crippen LogP contribution in [0.5, 0.6) is 0 Å². The maximum atomic E-state index is 13.2. The van der Waals surface area contributed by atoms with Gasteiger partial charge in [0, 0.05) is 22.9 Å². The van der Waals surface area contributed by atoms with Crippen LogP contribution in [0.2, 0.25) is 5.02 Å².